The topological polar surface area (TPSA) is 57.4 Å². The molecule has 0 saturated carbocycles. The number of benzene rings is 6. The molecule has 0 amide bonds. The second kappa shape index (κ2) is 9.24. The van der Waals surface area contributed by atoms with Gasteiger partial charge < -0.3 is 9.13 Å². The molecule has 194 valence electrons. The van der Waals surface area contributed by atoms with Gasteiger partial charge in [0.2, 0.25) is 0 Å². The Balaban J connectivity index is 1.47. The number of nitriles is 2. The zero-order chi connectivity index (χ0) is 28.2. The van der Waals surface area contributed by atoms with Gasteiger partial charge in [-0.1, -0.05) is 78.9 Å². The maximum atomic E-state index is 9.97. The minimum atomic E-state index is 0.633. The lowest BCUT2D eigenvalue weighted by Gasteiger charge is -2.13. The molecule has 0 N–H and O–H groups in total. The molecular formula is C38H22N4. The highest BCUT2D eigenvalue weighted by atomic mass is 15.0. The molecule has 2 heterocycles. The molecule has 0 aliphatic heterocycles. The molecule has 0 saturated heterocycles. The highest BCUT2D eigenvalue weighted by Gasteiger charge is 2.19. The molecule has 0 radical (unpaired) electrons. The molecule has 4 heteroatoms. The fourth-order valence-electron chi connectivity index (χ4n) is 6.37. The molecule has 6 aromatic carbocycles. The van der Waals surface area contributed by atoms with Crippen LogP contribution >= 0.6 is 0 Å². The summed E-state index contributed by atoms with van der Waals surface area (Å²) in [6, 6.07) is 50.1. The van der Waals surface area contributed by atoms with Crippen molar-refractivity contribution < 1.29 is 0 Å². The van der Waals surface area contributed by atoms with Crippen LogP contribution in [0.15, 0.2) is 133 Å². The Morgan fingerprint density at radius 2 is 1.12 bits per heavy atom. The highest BCUT2D eigenvalue weighted by molar-refractivity contribution is 6.15. The van der Waals surface area contributed by atoms with Crippen molar-refractivity contribution in [1.29, 1.82) is 10.5 Å². The van der Waals surface area contributed by atoms with E-state index in [-0.39, 0.29) is 0 Å². The summed E-state index contributed by atoms with van der Waals surface area (Å²) < 4.78 is 4.51. The molecule has 0 aliphatic carbocycles. The van der Waals surface area contributed by atoms with Crippen LogP contribution in [0.4, 0.5) is 0 Å². The normalized spacial score (nSPS) is 11.3. The molecule has 0 atom stereocenters. The smallest absolute Gasteiger partial charge is 0.101 e. The van der Waals surface area contributed by atoms with E-state index in [2.05, 4.69) is 100 Å². The number of aromatic nitrogens is 2. The molecule has 0 bridgehead atoms. The first-order valence-electron chi connectivity index (χ1n) is 13.8. The Bertz CT molecular complexity index is 2430. The van der Waals surface area contributed by atoms with Crippen molar-refractivity contribution in [3.63, 3.8) is 0 Å². The number of nitrogens with zero attached hydrogens (tertiary/aromatic N) is 4. The number of para-hydroxylation sites is 4. The van der Waals surface area contributed by atoms with E-state index in [0.29, 0.717) is 11.1 Å². The zero-order valence-electron chi connectivity index (χ0n) is 22.5. The number of hydrogen-bond acceptors (Lipinski definition) is 2. The van der Waals surface area contributed by atoms with Crippen LogP contribution in [-0.2, 0) is 0 Å². The number of fused-ring (bicyclic) bond motifs is 6. The number of hydrogen-bond donors (Lipinski definition) is 0. The molecule has 0 unspecified atom stereocenters. The van der Waals surface area contributed by atoms with Crippen molar-refractivity contribution in [3.05, 3.63) is 145 Å². The average molecular weight is 535 g/mol. The van der Waals surface area contributed by atoms with Gasteiger partial charge in [-0.2, -0.15) is 10.5 Å². The van der Waals surface area contributed by atoms with E-state index in [1.165, 1.54) is 10.8 Å². The van der Waals surface area contributed by atoms with E-state index < -0.39 is 0 Å². The maximum Gasteiger partial charge on any atom is 0.101 e. The van der Waals surface area contributed by atoms with Crippen molar-refractivity contribution in [3.8, 4) is 34.6 Å². The Morgan fingerprint density at radius 3 is 1.88 bits per heavy atom. The second-order valence-electron chi connectivity index (χ2n) is 10.4. The molecule has 0 spiro atoms. The third-order valence-electron chi connectivity index (χ3n) is 8.20. The van der Waals surface area contributed by atoms with Gasteiger partial charge in [-0.15, -0.1) is 0 Å². The summed E-state index contributed by atoms with van der Waals surface area (Å²) in [6.07, 6.45) is 0. The minimum Gasteiger partial charge on any atom is -0.309 e. The van der Waals surface area contributed by atoms with Crippen molar-refractivity contribution in [2.75, 3.05) is 0 Å². The van der Waals surface area contributed by atoms with Gasteiger partial charge in [0.15, 0.2) is 0 Å². The van der Waals surface area contributed by atoms with Gasteiger partial charge in [0.25, 0.3) is 0 Å². The number of rotatable bonds is 3. The van der Waals surface area contributed by atoms with Gasteiger partial charge >= 0.3 is 0 Å². The van der Waals surface area contributed by atoms with Crippen molar-refractivity contribution in [1.82, 2.24) is 9.13 Å². The van der Waals surface area contributed by atoms with Crippen LogP contribution in [0.3, 0.4) is 0 Å². The summed E-state index contributed by atoms with van der Waals surface area (Å²) in [5.41, 5.74) is 9.69. The molecule has 8 rings (SSSR count). The summed E-state index contributed by atoms with van der Waals surface area (Å²) in [5, 5.41) is 24.0. The van der Waals surface area contributed by atoms with E-state index in [4.69, 9.17) is 0 Å². The van der Waals surface area contributed by atoms with Gasteiger partial charge in [0, 0.05) is 32.8 Å². The predicted octanol–water partition coefficient (Wildman–Crippen LogP) is 9.29. The van der Waals surface area contributed by atoms with E-state index >= 15 is 0 Å². The van der Waals surface area contributed by atoms with Crippen LogP contribution in [0.1, 0.15) is 11.1 Å². The maximum absolute atomic E-state index is 9.97. The van der Waals surface area contributed by atoms with Gasteiger partial charge in [-0.05, 0) is 60.2 Å². The lowest BCUT2D eigenvalue weighted by atomic mass is 10.00. The second-order valence-corrected chi connectivity index (χ2v) is 10.4. The highest BCUT2D eigenvalue weighted by Crippen LogP contribution is 2.40. The Hall–Kier alpha value is -6.10. The van der Waals surface area contributed by atoms with Gasteiger partial charge in [0.05, 0.1) is 45.0 Å². The van der Waals surface area contributed by atoms with Crippen LogP contribution in [-0.4, -0.2) is 9.13 Å². The van der Waals surface area contributed by atoms with Gasteiger partial charge in [-0.3, -0.25) is 0 Å². The van der Waals surface area contributed by atoms with Crippen molar-refractivity contribution in [2.45, 2.75) is 0 Å². The lowest BCUT2D eigenvalue weighted by molar-refractivity contribution is 1.17. The van der Waals surface area contributed by atoms with E-state index in [1.54, 1.807) is 0 Å². The molecule has 42 heavy (non-hydrogen) atoms. The largest absolute Gasteiger partial charge is 0.309 e. The van der Waals surface area contributed by atoms with Crippen LogP contribution in [0.5, 0.6) is 0 Å². The third kappa shape index (κ3) is 3.40. The Labute approximate surface area is 242 Å². The lowest BCUT2D eigenvalue weighted by Crippen LogP contribution is -1.98. The van der Waals surface area contributed by atoms with E-state index in [1.807, 2.05) is 54.6 Å². The molecule has 0 aliphatic rings. The molecule has 4 nitrogen and oxygen atoms in total. The fraction of sp³-hybridized carbons (Fsp3) is 0. The minimum absolute atomic E-state index is 0.633. The monoisotopic (exact) mass is 534 g/mol. The van der Waals surface area contributed by atoms with Gasteiger partial charge in [0.1, 0.15) is 6.07 Å². The summed E-state index contributed by atoms with van der Waals surface area (Å²) in [6.45, 7) is 0. The quantitative estimate of drug-likeness (QED) is 0.227. The molecule has 2 aromatic heterocycles. The average Bonchev–Trinajstić information content (AvgIpc) is 3.57. The zero-order valence-corrected chi connectivity index (χ0v) is 22.5. The summed E-state index contributed by atoms with van der Waals surface area (Å²) in [5.74, 6) is 0. The van der Waals surface area contributed by atoms with Crippen LogP contribution in [0.25, 0.3) is 66.1 Å². The Morgan fingerprint density at radius 1 is 0.476 bits per heavy atom. The van der Waals surface area contributed by atoms with Crippen molar-refractivity contribution in [2.24, 2.45) is 0 Å². The standard InChI is InChI=1S/C38H22N4/c39-23-25-16-19-28(20-17-25)41-35-14-5-3-10-31(35)33-12-7-11-29(38(33)41)26-18-21-32-30-9-2-6-15-36(30)42(37(32)22-26)34-13-4-1-8-27(34)24-40/h1-22H. The van der Waals surface area contributed by atoms with Crippen LogP contribution in [0, 0.1) is 22.7 Å². The predicted molar refractivity (Wildman–Crippen MR) is 170 cm³/mol. The van der Waals surface area contributed by atoms with Crippen LogP contribution in [0.2, 0.25) is 0 Å². The first kappa shape index (κ1) is 23.8. The molecular weight excluding hydrogens is 512 g/mol. The SMILES string of the molecule is N#Cc1ccc(-n2c3ccccc3c3cccc(-c4ccc5c6ccccc6n(-c6ccccc6C#N)c5c4)c32)cc1. The Kier molecular flexibility index (Phi) is 5.22. The summed E-state index contributed by atoms with van der Waals surface area (Å²) in [4.78, 5) is 0. The van der Waals surface area contributed by atoms with Crippen LogP contribution < -0.4 is 0 Å². The first-order chi connectivity index (χ1) is 20.8. The van der Waals surface area contributed by atoms with E-state index in [9.17, 15) is 10.5 Å². The van der Waals surface area contributed by atoms with Gasteiger partial charge in [-0.25, -0.2) is 0 Å². The van der Waals surface area contributed by atoms with Crippen molar-refractivity contribution >= 4 is 43.6 Å². The first-order valence-corrected chi connectivity index (χ1v) is 13.8. The molecule has 8 aromatic rings. The van der Waals surface area contributed by atoms with E-state index in [0.717, 1.165) is 55.3 Å². The summed E-state index contributed by atoms with van der Waals surface area (Å²) >= 11 is 0. The summed E-state index contributed by atoms with van der Waals surface area (Å²) in [7, 11) is 0. The molecule has 0 fully saturated rings. The third-order valence-corrected chi connectivity index (χ3v) is 8.20. The fourth-order valence-corrected chi connectivity index (χ4v) is 6.37.